The van der Waals surface area contributed by atoms with Gasteiger partial charge in [-0.15, -0.1) is 0 Å². The largest absolute Gasteiger partial charge is 0.465 e. The molecule has 1 aromatic rings. The van der Waals surface area contributed by atoms with Crippen molar-refractivity contribution in [2.75, 3.05) is 24.5 Å². The van der Waals surface area contributed by atoms with Gasteiger partial charge < -0.3 is 14.9 Å². The van der Waals surface area contributed by atoms with Crippen molar-refractivity contribution in [1.82, 2.24) is 9.80 Å². The van der Waals surface area contributed by atoms with E-state index in [9.17, 15) is 14.4 Å². The molecule has 1 aromatic carbocycles. The predicted octanol–water partition coefficient (Wildman–Crippen LogP) is 2.12. The van der Waals surface area contributed by atoms with Gasteiger partial charge in [0.25, 0.3) is 5.91 Å². The van der Waals surface area contributed by atoms with Crippen LogP contribution in [0.3, 0.4) is 0 Å². The quantitative estimate of drug-likeness (QED) is 0.792. The van der Waals surface area contributed by atoms with Gasteiger partial charge in [-0.3, -0.25) is 4.79 Å². The van der Waals surface area contributed by atoms with Crippen molar-refractivity contribution < 1.29 is 19.5 Å². The number of anilines is 1. The molecule has 0 spiro atoms. The first-order valence-corrected chi connectivity index (χ1v) is 7.22. The summed E-state index contributed by atoms with van der Waals surface area (Å²) in [5.41, 5.74) is 0.281. The molecule has 2 saturated heterocycles. The maximum absolute atomic E-state index is 12.5. The van der Waals surface area contributed by atoms with Gasteiger partial charge in [0.1, 0.15) is 6.04 Å². The zero-order valence-electron chi connectivity index (χ0n) is 11.2. The number of carbonyl (C=O) groups excluding carboxylic acids is 2. The van der Waals surface area contributed by atoms with Crippen molar-refractivity contribution >= 4 is 46.9 Å². The Hall–Kier alpha value is -1.99. The first kappa shape index (κ1) is 14.9. The number of halogens is 2. The van der Waals surface area contributed by atoms with Crippen LogP contribution in [0.15, 0.2) is 18.2 Å². The summed E-state index contributed by atoms with van der Waals surface area (Å²) in [5, 5.41) is 9.64. The number of amides is 4. The third-order valence-corrected chi connectivity index (χ3v) is 4.14. The van der Waals surface area contributed by atoms with Crippen LogP contribution >= 0.6 is 23.2 Å². The summed E-state index contributed by atoms with van der Waals surface area (Å²) in [6, 6.07) is 3.14. The lowest BCUT2D eigenvalue weighted by Gasteiger charge is -2.33. The average molecular weight is 344 g/mol. The highest BCUT2D eigenvalue weighted by molar-refractivity contribution is 6.35. The molecule has 116 valence electrons. The second kappa shape index (κ2) is 5.33. The molecule has 2 heterocycles. The summed E-state index contributed by atoms with van der Waals surface area (Å²) in [7, 11) is 0. The van der Waals surface area contributed by atoms with Crippen molar-refractivity contribution in [2.45, 2.75) is 6.04 Å². The summed E-state index contributed by atoms with van der Waals surface area (Å²) in [5.74, 6) is -0.478. The van der Waals surface area contributed by atoms with Gasteiger partial charge in [0.15, 0.2) is 0 Å². The fourth-order valence-corrected chi connectivity index (χ4v) is 3.19. The van der Waals surface area contributed by atoms with Gasteiger partial charge in [0.2, 0.25) is 0 Å². The third kappa shape index (κ3) is 2.36. The van der Waals surface area contributed by atoms with Gasteiger partial charge in [-0.1, -0.05) is 23.2 Å². The Balaban J connectivity index is 1.93. The molecule has 9 heteroatoms. The Morgan fingerprint density at radius 2 is 1.77 bits per heavy atom. The number of urea groups is 1. The Morgan fingerprint density at radius 1 is 1.14 bits per heavy atom. The normalized spacial score (nSPS) is 21.4. The number of fused-ring (bicyclic) bond motifs is 1. The molecule has 0 bridgehead atoms. The second-order valence-corrected chi connectivity index (χ2v) is 5.89. The summed E-state index contributed by atoms with van der Waals surface area (Å²) in [4.78, 5) is 39.5. The van der Waals surface area contributed by atoms with Crippen LogP contribution in [0.2, 0.25) is 10.0 Å². The van der Waals surface area contributed by atoms with Gasteiger partial charge in [-0.2, -0.15) is 0 Å². The van der Waals surface area contributed by atoms with Crippen LogP contribution < -0.4 is 4.90 Å². The topological polar surface area (TPSA) is 81.2 Å². The molecule has 3 rings (SSSR count). The van der Waals surface area contributed by atoms with E-state index in [4.69, 9.17) is 28.3 Å². The van der Waals surface area contributed by atoms with Crippen molar-refractivity contribution in [3.63, 3.8) is 0 Å². The van der Waals surface area contributed by atoms with Gasteiger partial charge in [-0.25, -0.2) is 14.5 Å². The van der Waals surface area contributed by atoms with Crippen LogP contribution in [-0.2, 0) is 4.79 Å². The van der Waals surface area contributed by atoms with Gasteiger partial charge in [-0.05, 0) is 18.2 Å². The first-order valence-electron chi connectivity index (χ1n) is 6.47. The lowest BCUT2D eigenvalue weighted by molar-refractivity contribution is -0.120. The van der Waals surface area contributed by atoms with E-state index in [2.05, 4.69) is 0 Å². The minimum absolute atomic E-state index is 0.0370. The Bertz CT molecular complexity index is 661. The monoisotopic (exact) mass is 343 g/mol. The van der Waals surface area contributed by atoms with Crippen LogP contribution in [0.1, 0.15) is 0 Å². The van der Waals surface area contributed by atoms with E-state index in [-0.39, 0.29) is 25.3 Å². The number of imide groups is 1. The minimum atomic E-state index is -1.11. The van der Waals surface area contributed by atoms with Crippen LogP contribution in [0.5, 0.6) is 0 Å². The summed E-state index contributed by atoms with van der Waals surface area (Å²) >= 11 is 11.8. The molecule has 22 heavy (non-hydrogen) atoms. The highest BCUT2D eigenvalue weighted by atomic mass is 35.5. The Kier molecular flexibility index (Phi) is 3.62. The predicted molar refractivity (Wildman–Crippen MR) is 79.4 cm³/mol. The lowest BCUT2D eigenvalue weighted by atomic mass is 10.2. The molecular weight excluding hydrogens is 333 g/mol. The number of rotatable bonds is 1. The fraction of sp³-hybridized carbons (Fsp3) is 0.308. The number of hydrogen-bond donors (Lipinski definition) is 1. The molecule has 0 aromatic heterocycles. The number of carbonyl (C=O) groups is 3. The molecule has 0 radical (unpaired) electrons. The van der Waals surface area contributed by atoms with Crippen molar-refractivity contribution in [1.29, 1.82) is 0 Å². The molecule has 2 fully saturated rings. The van der Waals surface area contributed by atoms with Crippen molar-refractivity contribution in [2.24, 2.45) is 0 Å². The Morgan fingerprint density at radius 3 is 2.36 bits per heavy atom. The lowest BCUT2D eigenvalue weighted by Crippen LogP contribution is -2.54. The average Bonchev–Trinajstić information content (AvgIpc) is 2.69. The summed E-state index contributed by atoms with van der Waals surface area (Å²) in [6.45, 7) is 0.312. The molecular formula is C13H11Cl2N3O4. The van der Waals surface area contributed by atoms with E-state index in [1.54, 1.807) is 0 Å². The number of carboxylic acid groups (broad SMARTS) is 1. The number of benzene rings is 1. The third-order valence-electron chi connectivity index (χ3n) is 3.70. The molecule has 1 unspecified atom stereocenters. The molecule has 2 aliphatic rings. The number of nitrogens with zero attached hydrogens (tertiary/aromatic N) is 3. The van der Waals surface area contributed by atoms with Crippen LogP contribution in [0.4, 0.5) is 15.3 Å². The number of hydrogen-bond acceptors (Lipinski definition) is 3. The molecule has 7 nitrogen and oxygen atoms in total. The minimum Gasteiger partial charge on any atom is -0.465 e. The molecule has 0 aliphatic carbocycles. The van der Waals surface area contributed by atoms with E-state index < -0.39 is 24.1 Å². The van der Waals surface area contributed by atoms with Crippen LogP contribution in [0, 0.1) is 0 Å². The van der Waals surface area contributed by atoms with E-state index in [0.717, 1.165) is 9.80 Å². The SMILES string of the molecule is O=C(O)N1CCN2C(=O)N(c3cc(Cl)cc(Cl)c3)C(=O)C2C1. The van der Waals surface area contributed by atoms with Crippen molar-refractivity contribution in [3.8, 4) is 0 Å². The molecule has 2 aliphatic heterocycles. The van der Waals surface area contributed by atoms with Gasteiger partial charge in [0.05, 0.1) is 12.2 Å². The zero-order chi connectivity index (χ0) is 16.0. The van der Waals surface area contributed by atoms with E-state index in [1.165, 1.54) is 23.1 Å². The summed E-state index contributed by atoms with van der Waals surface area (Å²) < 4.78 is 0. The molecule has 1 atom stereocenters. The van der Waals surface area contributed by atoms with E-state index in [1.807, 2.05) is 0 Å². The van der Waals surface area contributed by atoms with Crippen LogP contribution in [0.25, 0.3) is 0 Å². The first-order chi connectivity index (χ1) is 10.4. The van der Waals surface area contributed by atoms with Crippen molar-refractivity contribution in [3.05, 3.63) is 28.2 Å². The molecule has 1 N–H and O–H groups in total. The highest BCUT2D eigenvalue weighted by Gasteiger charge is 2.49. The smallest absolute Gasteiger partial charge is 0.407 e. The maximum atomic E-state index is 12.5. The van der Waals surface area contributed by atoms with Crippen LogP contribution in [-0.4, -0.2) is 58.6 Å². The van der Waals surface area contributed by atoms with E-state index >= 15 is 0 Å². The number of piperazine rings is 1. The molecule has 0 saturated carbocycles. The van der Waals surface area contributed by atoms with Gasteiger partial charge >= 0.3 is 12.1 Å². The van der Waals surface area contributed by atoms with Gasteiger partial charge in [0, 0.05) is 23.1 Å². The fourth-order valence-electron chi connectivity index (χ4n) is 2.67. The zero-order valence-corrected chi connectivity index (χ0v) is 12.7. The highest BCUT2D eigenvalue weighted by Crippen LogP contribution is 2.31. The maximum Gasteiger partial charge on any atom is 0.407 e. The Labute approximate surface area is 135 Å². The van der Waals surface area contributed by atoms with E-state index in [0.29, 0.717) is 10.0 Å². The second-order valence-electron chi connectivity index (χ2n) is 5.02. The summed E-state index contributed by atoms with van der Waals surface area (Å²) in [6.07, 6.45) is -1.11. The standard InChI is InChI=1S/C13H11Cl2N3O4/c14-7-3-8(15)5-9(4-7)18-11(19)10-6-16(13(21)22)1-2-17(10)12(18)20/h3-5,10H,1-2,6H2,(H,21,22). The molecule has 4 amide bonds.